The third kappa shape index (κ3) is 7.24. The molecule has 248 valence electrons. The van der Waals surface area contributed by atoms with Gasteiger partial charge in [-0.05, 0) is 84.9 Å². The van der Waals surface area contributed by atoms with Crippen LogP contribution in [0.1, 0.15) is 6.42 Å². The van der Waals surface area contributed by atoms with E-state index in [-0.39, 0.29) is 0 Å². The molecule has 0 saturated heterocycles. The van der Waals surface area contributed by atoms with Crippen molar-refractivity contribution in [2.45, 2.75) is 6.42 Å². The number of aromatic nitrogens is 4. The highest BCUT2D eigenvalue weighted by Gasteiger charge is 2.14. The summed E-state index contributed by atoms with van der Waals surface area (Å²) < 4.78 is 12.0. The minimum absolute atomic E-state index is 0.510. The molecule has 0 fully saturated rings. The molecule has 2 aromatic heterocycles. The fourth-order valence-corrected chi connectivity index (χ4v) is 6.27. The molecule has 0 atom stereocenters. The fraction of sp³-hybridized carbons (Fsp3) is 0.0698. The average molecular weight is 706 g/mol. The van der Waals surface area contributed by atoms with Crippen molar-refractivity contribution in [2.24, 2.45) is 0 Å². The molecule has 8 heteroatoms. The van der Waals surface area contributed by atoms with Crippen molar-refractivity contribution >= 4 is 45.0 Å². The molecule has 8 aromatic rings. The number of rotatable bonds is 10. The summed E-state index contributed by atoms with van der Waals surface area (Å²) in [7, 11) is 0. The van der Waals surface area contributed by atoms with Gasteiger partial charge in [-0.2, -0.15) is 0 Å². The molecule has 6 nitrogen and oxygen atoms in total. The van der Waals surface area contributed by atoms with Gasteiger partial charge >= 0.3 is 0 Å². The Bertz CT molecular complexity index is 2290. The highest BCUT2D eigenvalue weighted by molar-refractivity contribution is 6.31. The van der Waals surface area contributed by atoms with E-state index in [1.165, 1.54) is 0 Å². The molecule has 2 heterocycles. The number of hydrogen-bond donors (Lipinski definition) is 0. The third-order valence-corrected chi connectivity index (χ3v) is 8.93. The molecule has 0 spiro atoms. The minimum Gasteiger partial charge on any atom is -0.493 e. The van der Waals surface area contributed by atoms with Gasteiger partial charge < -0.3 is 9.47 Å². The quantitative estimate of drug-likeness (QED) is 0.132. The van der Waals surface area contributed by atoms with Crippen LogP contribution in [-0.4, -0.2) is 33.1 Å². The van der Waals surface area contributed by atoms with Gasteiger partial charge in [-0.3, -0.25) is 0 Å². The Balaban J connectivity index is 0.895. The molecule has 0 bridgehead atoms. The van der Waals surface area contributed by atoms with E-state index >= 15 is 0 Å². The van der Waals surface area contributed by atoms with Crippen LogP contribution in [0.4, 0.5) is 0 Å². The highest BCUT2D eigenvalue weighted by atomic mass is 35.5. The third-order valence-electron chi connectivity index (χ3n) is 8.46. The maximum absolute atomic E-state index is 6.32. The zero-order valence-electron chi connectivity index (χ0n) is 27.3. The molecular formula is C43H30Cl2N4O2. The van der Waals surface area contributed by atoms with Crippen LogP contribution in [0.25, 0.3) is 67.1 Å². The second-order valence-electron chi connectivity index (χ2n) is 11.9. The smallest absolute Gasteiger partial charge is 0.160 e. The molecule has 0 amide bonds. The van der Waals surface area contributed by atoms with Gasteiger partial charge in [-0.1, -0.05) is 83.9 Å². The van der Waals surface area contributed by atoms with Gasteiger partial charge in [0.05, 0.1) is 35.6 Å². The van der Waals surface area contributed by atoms with E-state index in [9.17, 15) is 0 Å². The van der Waals surface area contributed by atoms with Crippen LogP contribution < -0.4 is 9.47 Å². The lowest BCUT2D eigenvalue weighted by Gasteiger charge is -2.11. The zero-order valence-corrected chi connectivity index (χ0v) is 28.9. The first kappa shape index (κ1) is 32.4. The monoisotopic (exact) mass is 704 g/mol. The zero-order chi connectivity index (χ0) is 34.6. The number of ether oxygens (including phenoxy) is 2. The fourth-order valence-electron chi connectivity index (χ4n) is 5.94. The summed E-state index contributed by atoms with van der Waals surface area (Å²) in [5.74, 6) is 2.79. The number of fused-ring (bicyclic) bond motifs is 2. The van der Waals surface area contributed by atoms with Gasteiger partial charge in [-0.15, -0.1) is 0 Å². The summed E-state index contributed by atoms with van der Waals surface area (Å²) in [5, 5.41) is 3.18. The first-order chi connectivity index (χ1) is 25.1. The second-order valence-corrected chi connectivity index (χ2v) is 12.8. The van der Waals surface area contributed by atoms with Crippen LogP contribution in [0.2, 0.25) is 10.0 Å². The summed E-state index contributed by atoms with van der Waals surface area (Å²) in [4.78, 5) is 19.5. The van der Waals surface area contributed by atoms with Crippen LogP contribution in [0.3, 0.4) is 0 Å². The van der Waals surface area contributed by atoms with E-state index in [1.54, 1.807) is 0 Å². The lowest BCUT2D eigenvalue weighted by molar-refractivity contribution is 0.247. The predicted octanol–water partition coefficient (Wildman–Crippen LogP) is 11.4. The van der Waals surface area contributed by atoms with Crippen molar-refractivity contribution < 1.29 is 9.47 Å². The van der Waals surface area contributed by atoms with Crippen molar-refractivity contribution in [1.29, 1.82) is 0 Å². The molecular weight excluding hydrogens is 675 g/mol. The molecule has 8 rings (SSSR count). The Morgan fingerprint density at radius 2 is 0.824 bits per heavy atom. The van der Waals surface area contributed by atoms with Gasteiger partial charge in [0.15, 0.2) is 11.6 Å². The van der Waals surface area contributed by atoms with Crippen molar-refractivity contribution in [3.63, 3.8) is 0 Å². The minimum atomic E-state index is 0.510. The summed E-state index contributed by atoms with van der Waals surface area (Å²) in [6, 6.07) is 47.3. The van der Waals surface area contributed by atoms with Gasteiger partial charge in [0.1, 0.15) is 11.5 Å². The molecule has 51 heavy (non-hydrogen) atoms. The first-order valence-corrected chi connectivity index (χ1v) is 17.3. The van der Waals surface area contributed by atoms with Crippen LogP contribution in [0, 0.1) is 0 Å². The number of nitrogens with zero attached hydrogens (tertiary/aromatic N) is 4. The lowest BCUT2D eigenvalue weighted by Crippen LogP contribution is -2.05. The molecule has 0 unspecified atom stereocenters. The Kier molecular flexibility index (Phi) is 9.26. The Labute approximate surface area is 305 Å². The molecule has 0 aliphatic rings. The van der Waals surface area contributed by atoms with E-state index in [0.29, 0.717) is 41.3 Å². The highest BCUT2D eigenvalue weighted by Crippen LogP contribution is 2.33. The van der Waals surface area contributed by atoms with E-state index in [1.807, 2.05) is 121 Å². The second kappa shape index (κ2) is 14.6. The van der Waals surface area contributed by atoms with Crippen LogP contribution in [0.15, 0.2) is 146 Å². The van der Waals surface area contributed by atoms with E-state index in [2.05, 4.69) is 24.3 Å². The van der Waals surface area contributed by atoms with Crippen LogP contribution in [0.5, 0.6) is 11.5 Å². The Morgan fingerprint density at radius 1 is 0.412 bits per heavy atom. The van der Waals surface area contributed by atoms with Crippen LogP contribution >= 0.6 is 23.2 Å². The molecule has 0 aliphatic heterocycles. The molecule has 0 aliphatic carbocycles. The SMILES string of the molecule is Clc1ccc2c(-c3ccccc3)nc(-c3ccc(OCCCOc4ccc(-c5nc(-c6ccccc6)c6ccc(Cl)cc6n5)cc4)cc3)nc2c1. The first-order valence-electron chi connectivity index (χ1n) is 16.6. The molecule has 0 N–H and O–H groups in total. The Morgan fingerprint density at radius 3 is 1.24 bits per heavy atom. The lowest BCUT2D eigenvalue weighted by atomic mass is 10.1. The maximum Gasteiger partial charge on any atom is 0.160 e. The van der Waals surface area contributed by atoms with E-state index in [4.69, 9.17) is 52.6 Å². The standard InChI is InChI=1S/C43H30Cl2N4O2/c44-32-16-22-36-38(26-32)46-42(48-40(36)28-8-3-1-4-9-28)30-12-18-34(19-13-30)50-24-7-25-51-35-20-14-31(15-21-35)43-47-39-27-33(45)17-23-37(39)41(49-43)29-10-5-2-6-11-29/h1-6,8-23,26-27H,7,24-25H2. The largest absolute Gasteiger partial charge is 0.493 e. The Hall–Kier alpha value is -5.82. The van der Waals surface area contributed by atoms with Gasteiger partial charge in [0.25, 0.3) is 0 Å². The van der Waals surface area contributed by atoms with Crippen LogP contribution in [-0.2, 0) is 0 Å². The number of benzene rings is 6. The molecule has 0 radical (unpaired) electrons. The summed E-state index contributed by atoms with van der Waals surface area (Å²) >= 11 is 12.6. The maximum atomic E-state index is 6.32. The normalized spacial score (nSPS) is 11.2. The molecule has 6 aromatic carbocycles. The van der Waals surface area contributed by atoms with E-state index in [0.717, 1.165) is 66.9 Å². The summed E-state index contributed by atoms with van der Waals surface area (Å²) in [6.45, 7) is 1.02. The van der Waals surface area contributed by atoms with E-state index < -0.39 is 0 Å². The van der Waals surface area contributed by atoms with Gasteiger partial charge in [0, 0.05) is 49.5 Å². The topological polar surface area (TPSA) is 70.0 Å². The van der Waals surface area contributed by atoms with Gasteiger partial charge in [0.2, 0.25) is 0 Å². The summed E-state index contributed by atoms with van der Waals surface area (Å²) in [6.07, 6.45) is 0.716. The van der Waals surface area contributed by atoms with Crippen molar-refractivity contribution in [1.82, 2.24) is 19.9 Å². The number of halogens is 2. The average Bonchev–Trinajstić information content (AvgIpc) is 3.18. The predicted molar refractivity (Wildman–Crippen MR) is 206 cm³/mol. The summed E-state index contributed by atoms with van der Waals surface area (Å²) in [5.41, 5.74) is 7.16. The number of hydrogen-bond acceptors (Lipinski definition) is 6. The van der Waals surface area contributed by atoms with Crippen molar-refractivity contribution in [2.75, 3.05) is 13.2 Å². The van der Waals surface area contributed by atoms with Gasteiger partial charge in [-0.25, -0.2) is 19.9 Å². The molecule has 0 saturated carbocycles. The van der Waals surface area contributed by atoms with Crippen molar-refractivity contribution in [3.8, 4) is 56.8 Å². The van der Waals surface area contributed by atoms with Crippen molar-refractivity contribution in [3.05, 3.63) is 156 Å².